The van der Waals surface area contributed by atoms with Gasteiger partial charge in [-0.05, 0) is 11.6 Å². The number of nitrogens with zero attached hydrogens (tertiary/aromatic N) is 2. The summed E-state index contributed by atoms with van der Waals surface area (Å²) in [4.78, 5) is 0.114. The predicted octanol–water partition coefficient (Wildman–Crippen LogP) is 0.183. The van der Waals surface area contributed by atoms with Crippen molar-refractivity contribution in [2.45, 2.75) is 11.4 Å². The van der Waals surface area contributed by atoms with Gasteiger partial charge in [0.05, 0.1) is 6.20 Å². The van der Waals surface area contributed by atoms with Crippen LogP contribution < -0.4 is 10.5 Å². The first-order valence-corrected chi connectivity index (χ1v) is 7.28. The molecule has 0 atom stereocenters. The fourth-order valence-corrected chi connectivity index (χ4v) is 2.65. The number of amidine groups is 1. The van der Waals surface area contributed by atoms with Gasteiger partial charge in [0.2, 0.25) is 10.0 Å². The molecule has 0 saturated heterocycles. The highest BCUT2D eigenvalue weighted by Gasteiger charge is 2.15. The zero-order valence-electron chi connectivity index (χ0n) is 10.9. The van der Waals surface area contributed by atoms with Crippen LogP contribution in [0.15, 0.2) is 41.6 Å². The summed E-state index contributed by atoms with van der Waals surface area (Å²) in [5.74, 6) is -0.0537. The lowest BCUT2D eigenvalue weighted by atomic mass is 10.1. The normalized spacial score (nSPS) is 11.4. The van der Waals surface area contributed by atoms with E-state index in [-0.39, 0.29) is 17.3 Å². The van der Waals surface area contributed by atoms with Crippen LogP contribution in [0, 0.1) is 5.41 Å². The molecule has 0 bridgehead atoms. The maximum absolute atomic E-state index is 12.0. The van der Waals surface area contributed by atoms with Crippen LogP contribution in [0.1, 0.15) is 11.1 Å². The Labute approximate surface area is 117 Å². The van der Waals surface area contributed by atoms with Crippen LogP contribution in [0.2, 0.25) is 0 Å². The SMILES string of the molecule is Cn1cc(S(=O)(=O)NCc2cccc(C(=N)N)c2)cn1. The summed E-state index contributed by atoms with van der Waals surface area (Å²) in [7, 11) is -1.94. The number of hydrogen-bond donors (Lipinski definition) is 3. The van der Waals surface area contributed by atoms with Gasteiger partial charge in [-0.3, -0.25) is 10.1 Å². The zero-order chi connectivity index (χ0) is 14.8. The largest absolute Gasteiger partial charge is 0.384 e. The predicted molar refractivity (Wildman–Crippen MR) is 74.7 cm³/mol. The van der Waals surface area contributed by atoms with E-state index < -0.39 is 10.0 Å². The quantitative estimate of drug-likeness (QED) is 0.539. The second kappa shape index (κ2) is 5.43. The molecule has 0 aliphatic carbocycles. The van der Waals surface area contributed by atoms with E-state index in [1.807, 2.05) is 0 Å². The van der Waals surface area contributed by atoms with Gasteiger partial charge in [-0.15, -0.1) is 0 Å². The average molecular weight is 293 g/mol. The second-order valence-electron chi connectivity index (χ2n) is 4.29. The van der Waals surface area contributed by atoms with Gasteiger partial charge in [-0.1, -0.05) is 18.2 Å². The van der Waals surface area contributed by atoms with Crippen molar-refractivity contribution in [1.82, 2.24) is 14.5 Å². The molecule has 8 heteroatoms. The summed E-state index contributed by atoms with van der Waals surface area (Å²) in [5.41, 5.74) is 6.68. The molecule has 0 saturated carbocycles. The van der Waals surface area contributed by atoms with Gasteiger partial charge in [0, 0.05) is 25.4 Å². The summed E-state index contributed by atoms with van der Waals surface area (Å²) < 4.78 is 27.9. The molecular formula is C12H15N5O2S. The van der Waals surface area contributed by atoms with E-state index in [0.29, 0.717) is 5.56 Å². The summed E-state index contributed by atoms with van der Waals surface area (Å²) >= 11 is 0. The first kappa shape index (κ1) is 14.2. The molecule has 4 N–H and O–H groups in total. The number of nitrogens with two attached hydrogens (primary N) is 1. The number of rotatable bonds is 5. The number of nitrogen functional groups attached to an aromatic ring is 1. The van der Waals surface area contributed by atoms with Gasteiger partial charge >= 0.3 is 0 Å². The minimum absolute atomic E-state index is 0.0537. The van der Waals surface area contributed by atoms with Crippen LogP contribution in [0.4, 0.5) is 0 Å². The topological polar surface area (TPSA) is 114 Å². The number of sulfonamides is 1. The van der Waals surface area contributed by atoms with E-state index in [0.717, 1.165) is 5.56 Å². The van der Waals surface area contributed by atoms with E-state index in [9.17, 15) is 8.42 Å². The van der Waals surface area contributed by atoms with Crippen LogP contribution in [0.5, 0.6) is 0 Å². The number of nitrogens with one attached hydrogen (secondary N) is 2. The van der Waals surface area contributed by atoms with Gasteiger partial charge in [-0.2, -0.15) is 5.10 Å². The maximum Gasteiger partial charge on any atom is 0.243 e. The molecule has 0 fully saturated rings. The van der Waals surface area contributed by atoms with Crippen molar-refractivity contribution < 1.29 is 8.42 Å². The first-order chi connectivity index (χ1) is 9.38. The van der Waals surface area contributed by atoms with Crippen LogP contribution in [0.25, 0.3) is 0 Å². The molecule has 20 heavy (non-hydrogen) atoms. The molecule has 2 aromatic rings. The fraction of sp³-hybridized carbons (Fsp3) is 0.167. The third kappa shape index (κ3) is 3.22. The number of aromatic nitrogens is 2. The van der Waals surface area contributed by atoms with Crippen molar-refractivity contribution in [1.29, 1.82) is 5.41 Å². The number of benzene rings is 1. The molecule has 0 unspecified atom stereocenters. The zero-order valence-corrected chi connectivity index (χ0v) is 11.7. The first-order valence-electron chi connectivity index (χ1n) is 5.80. The maximum atomic E-state index is 12.0. The molecule has 0 amide bonds. The van der Waals surface area contributed by atoms with Crippen LogP contribution in [-0.2, 0) is 23.6 Å². The van der Waals surface area contributed by atoms with Gasteiger partial charge in [0.25, 0.3) is 0 Å². The molecular weight excluding hydrogens is 278 g/mol. The molecule has 0 spiro atoms. The van der Waals surface area contributed by atoms with Gasteiger partial charge in [0.1, 0.15) is 10.7 Å². The highest BCUT2D eigenvalue weighted by Crippen LogP contribution is 2.09. The lowest BCUT2D eigenvalue weighted by Gasteiger charge is -2.06. The number of aryl methyl sites for hydroxylation is 1. The van der Waals surface area contributed by atoms with Crippen molar-refractivity contribution in [3.05, 3.63) is 47.8 Å². The molecule has 0 radical (unpaired) electrons. The Morgan fingerprint density at radius 3 is 2.85 bits per heavy atom. The van der Waals surface area contributed by atoms with E-state index in [4.69, 9.17) is 11.1 Å². The third-order valence-corrected chi connectivity index (χ3v) is 4.05. The van der Waals surface area contributed by atoms with Gasteiger partial charge in [-0.25, -0.2) is 13.1 Å². The van der Waals surface area contributed by atoms with Crippen molar-refractivity contribution >= 4 is 15.9 Å². The van der Waals surface area contributed by atoms with Gasteiger partial charge < -0.3 is 5.73 Å². The van der Waals surface area contributed by atoms with E-state index in [2.05, 4.69) is 9.82 Å². The van der Waals surface area contributed by atoms with E-state index >= 15 is 0 Å². The molecule has 0 aliphatic rings. The molecule has 106 valence electrons. The molecule has 0 aliphatic heterocycles. The highest BCUT2D eigenvalue weighted by atomic mass is 32.2. The summed E-state index contributed by atoms with van der Waals surface area (Å²) in [6.45, 7) is 0.123. The van der Waals surface area contributed by atoms with E-state index in [1.54, 1.807) is 31.3 Å². The summed E-state index contributed by atoms with van der Waals surface area (Å²) in [5, 5.41) is 11.2. The lowest BCUT2D eigenvalue weighted by molar-refractivity contribution is 0.581. The lowest BCUT2D eigenvalue weighted by Crippen LogP contribution is -2.23. The average Bonchev–Trinajstić information content (AvgIpc) is 2.84. The Hall–Kier alpha value is -2.19. The minimum atomic E-state index is -3.59. The Kier molecular flexibility index (Phi) is 3.86. The van der Waals surface area contributed by atoms with Crippen molar-refractivity contribution in [2.24, 2.45) is 12.8 Å². The Balaban J connectivity index is 2.12. The van der Waals surface area contributed by atoms with Crippen LogP contribution in [0.3, 0.4) is 0 Å². The molecule has 2 rings (SSSR count). The molecule has 1 aromatic heterocycles. The van der Waals surface area contributed by atoms with Gasteiger partial charge in [0.15, 0.2) is 0 Å². The van der Waals surface area contributed by atoms with Crippen LogP contribution >= 0.6 is 0 Å². The summed E-state index contributed by atoms with van der Waals surface area (Å²) in [6, 6.07) is 6.86. The Bertz CT molecular complexity index is 736. The monoisotopic (exact) mass is 293 g/mol. The fourth-order valence-electron chi connectivity index (χ4n) is 1.65. The summed E-state index contributed by atoms with van der Waals surface area (Å²) in [6.07, 6.45) is 2.71. The standard InChI is InChI=1S/C12H15N5O2S/c1-17-8-11(7-15-17)20(18,19)16-6-9-3-2-4-10(5-9)12(13)14/h2-5,7-8,16H,6H2,1H3,(H3,13,14). The molecule has 7 nitrogen and oxygen atoms in total. The highest BCUT2D eigenvalue weighted by molar-refractivity contribution is 7.89. The smallest absolute Gasteiger partial charge is 0.243 e. The Morgan fingerprint density at radius 2 is 2.25 bits per heavy atom. The van der Waals surface area contributed by atoms with Crippen molar-refractivity contribution in [3.63, 3.8) is 0 Å². The second-order valence-corrected chi connectivity index (χ2v) is 6.06. The molecule has 1 aromatic carbocycles. The number of hydrogen-bond acceptors (Lipinski definition) is 4. The third-order valence-electron chi connectivity index (χ3n) is 2.70. The minimum Gasteiger partial charge on any atom is -0.384 e. The van der Waals surface area contributed by atoms with E-state index in [1.165, 1.54) is 17.1 Å². The van der Waals surface area contributed by atoms with Crippen molar-refractivity contribution in [3.8, 4) is 0 Å². The Morgan fingerprint density at radius 1 is 1.50 bits per heavy atom. The molecule has 1 heterocycles. The van der Waals surface area contributed by atoms with Crippen LogP contribution in [-0.4, -0.2) is 24.0 Å². The van der Waals surface area contributed by atoms with Crippen molar-refractivity contribution in [2.75, 3.05) is 0 Å².